The van der Waals surface area contributed by atoms with Crippen molar-refractivity contribution in [2.24, 2.45) is 0 Å². The van der Waals surface area contributed by atoms with Crippen LogP contribution in [0.15, 0.2) is 48.5 Å². The van der Waals surface area contributed by atoms with E-state index in [9.17, 15) is 8.42 Å². The fourth-order valence-electron chi connectivity index (χ4n) is 1.95. The van der Waals surface area contributed by atoms with E-state index in [-0.39, 0.29) is 5.75 Å². The zero-order chi connectivity index (χ0) is 14.6. The van der Waals surface area contributed by atoms with Crippen molar-refractivity contribution in [3.05, 3.63) is 59.7 Å². The number of nitrogens with one attached hydrogen (secondary N) is 1. The summed E-state index contributed by atoms with van der Waals surface area (Å²) >= 11 is 0. The van der Waals surface area contributed by atoms with Gasteiger partial charge in [-0.25, -0.2) is 8.42 Å². The third kappa shape index (κ3) is 3.74. The van der Waals surface area contributed by atoms with Crippen LogP contribution in [-0.2, 0) is 15.8 Å². The highest BCUT2D eigenvalue weighted by Crippen LogP contribution is 2.24. The van der Waals surface area contributed by atoms with Gasteiger partial charge < -0.3 is 4.74 Å². The number of para-hydroxylation sites is 2. The van der Waals surface area contributed by atoms with Gasteiger partial charge in [0.1, 0.15) is 5.75 Å². The van der Waals surface area contributed by atoms with Crippen LogP contribution in [0.4, 0.5) is 5.69 Å². The van der Waals surface area contributed by atoms with Gasteiger partial charge in [0, 0.05) is 0 Å². The second-order valence-electron chi connectivity index (χ2n) is 4.55. The molecule has 0 bridgehead atoms. The fourth-order valence-corrected chi connectivity index (χ4v) is 3.15. The fraction of sp³-hybridized carbons (Fsp3) is 0.200. The Morgan fingerprint density at radius 2 is 1.85 bits per heavy atom. The molecule has 0 unspecified atom stereocenters. The summed E-state index contributed by atoms with van der Waals surface area (Å²) in [7, 11) is -1.96. The second-order valence-corrected chi connectivity index (χ2v) is 6.27. The van der Waals surface area contributed by atoms with E-state index < -0.39 is 10.0 Å². The summed E-state index contributed by atoms with van der Waals surface area (Å²) in [5, 5.41) is 0. The van der Waals surface area contributed by atoms with Gasteiger partial charge in [0.25, 0.3) is 0 Å². The number of rotatable bonds is 5. The highest BCUT2D eigenvalue weighted by molar-refractivity contribution is 7.91. The van der Waals surface area contributed by atoms with E-state index in [1.54, 1.807) is 30.3 Å². The normalized spacial score (nSPS) is 11.1. The first-order valence-electron chi connectivity index (χ1n) is 6.19. The van der Waals surface area contributed by atoms with Crippen LogP contribution in [-0.4, -0.2) is 15.5 Å². The number of hydrogen-bond acceptors (Lipinski definition) is 3. The average Bonchev–Trinajstić information content (AvgIpc) is 2.38. The van der Waals surface area contributed by atoms with Crippen molar-refractivity contribution >= 4 is 15.7 Å². The lowest BCUT2D eigenvalue weighted by atomic mass is 10.2. The Balaban J connectivity index is 2.19. The summed E-state index contributed by atoms with van der Waals surface area (Å²) in [5.41, 5.74) is 2.24. The van der Waals surface area contributed by atoms with Crippen LogP contribution in [0.3, 0.4) is 0 Å². The molecule has 2 aromatic rings. The Labute approximate surface area is 119 Å². The third-order valence-electron chi connectivity index (χ3n) is 2.81. The predicted molar refractivity (Wildman–Crippen MR) is 80.4 cm³/mol. The first-order chi connectivity index (χ1) is 9.50. The van der Waals surface area contributed by atoms with Crippen LogP contribution in [0.2, 0.25) is 0 Å². The second kappa shape index (κ2) is 5.96. The first kappa shape index (κ1) is 14.4. The number of methoxy groups -OCH3 is 1. The quantitative estimate of drug-likeness (QED) is 0.921. The molecule has 0 saturated heterocycles. The largest absolute Gasteiger partial charge is 0.495 e. The molecule has 0 fully saturated rings. The van der Waals surface area contributed by atoms with E-state index in [0.717, 1.165) is 11.1 Å². The third-order valence-corrected chi connectivity index (χ3v) is 4.06. The number of aryl methyl sites for hydroxylation is 1. The topological polar surface area (TPSA) is 55.4 Å². The predicted octanol–water partition coefficient (Wildman–Crippen LogP) is 2.95. The molecule has 0 saturated carbocycles. The summed E-state index contributed by atoms with van der Waals surface area (Å²) in [5.74, 6) is 0.438. The summed E-state index contributed by atoms with van der Waals surface area (Å²) < 4.78 is 32.1. The molecule has 4 nitrogen and oxygen atoms in total. The Hall–Kier alpha value is -2.01. The Morgan fingerprint density at radius 3 is 2.55 bits per heavy atom. The van der Waals surface area contributed by atoms with Crippen molar-refractivity contribution in [3.63, 3.8) is 0 Å². The molecule has 0 heterocycles. The van der Waals surface area contributed by atoms with Gasteiger partial charge in [0.05, 0.1) is 18.6 Å². The molecule has 0 aliphatic rings. The Bertz CT molecular complexity index is 696. The SMILES string of the molecule is COc1ccccc1NS(=O)(=O)Cc1cccc(C)c1. The molecule has 0 radical (unpaired) electrons. The van der Waals surface area contributed by atoms with E-state index >= 15 is 0 Å². The molecule has 2 aromatic carbocycles. The van der Waals surface area contributed by atoms with Crippen LogP contribution in [0, 0.1) is 6.92 Å². The maximum atomic E-state index is 12.2. The lowest BCUT2D eigenvalue weighted by molar-refractivity contribution is 0.417. The summed E-state index contributed by atoms with van der Waals surface area (Å²) in [6.07, 6.45) is 0. The molecule has 0 aliphatic heterocycles. The van der Waals surface area contributed by atoms with Gasteiger partial charge in [-0.15, -0.1) is 0 Å². The molecule has 0 spiro atoms. The van der Waals surface area contributed by atoms with Crippen LogP contribution >= 0.6 is 0 Å². The van der Waals surface area contributed by atoms with Gasteiger partial charge in [-0.3, -0.25) is 4.72 Å². The van der Waals surface area contributed by atoms with Gasteiger partial charge in [-0.05, 0) is 24.6 Å². The minimum atomic E-state index is -3.47. The van der Waals surface area contributed by atoms with Gasteiger partial charge in [-0.1, -0.05) is 42.0 Å². The molecule has 0 aliphatic carbocycles. The van der Waals surface area contributed by atoms with Crippen LogP contribution in [0.25, 0.3) is 0 Å². The molecule has 0 amide bonds. The van der Waals surface area contributed by atoms with Gasteiger partial charge in [0.15, 0.2) is 0 Å². The minimum absolute atomic E-state index is 0.0628. The van der Waals surface area contributed by atoms with Gasteiger partial charge in [0.2, 0.25) is 10.0 Å². The minimum Gasteiger partial charge on any atom is -0.495 e. The van der Waals surface area contributed by atoms with Crippen molar-refractivity contribution in [2.45, 2.75) is 12.7 Å². The van der Waals surface area contributed by atoms with E-state index in [0.29, 0.717) is 11.4 Å². The van der Waals surface area contributed by atoms with Crippen molar-refractivity contribution < 1.29 is 13.2 Å². The zero-order valence-corrected chi connectivity index (χ0v) is 12.3. The van der Waals surface area contributed by atoms with E-state index in [1.807, 2.05) is 25.1 Å². The molecular formula is C15H17NO3S. The number of ether oxygens (including phenoxy) is 1. The molecule has 0 aromatic heterocycles. The number of hydrogen-bond donors (Lipinski definition) is 1. The van der Waals surface area contributed by atoms with Crippen molar-refractivity contribution in [1.82, 2.24) is 0 Å². The van der Waals surface area contributed by atoms with Gasteiger partial charge >= 0.3 is 0 Å². The van der Waals surface area contributed by atoms with Crippen LogP contribution in [0.5, 0.6) is 5.75 Å². The molecule has 0 atom stereocenters. The Kier molecular flexibility index (Phi) is 4.29. The maximum absolute atomic E-state index is 12.2. The highest BCUT2D eigenvalue weighted by atomic mass is 32.2. The monoisotopic (exact) mass is 291 g/mol. The van der Waals surface area contributed by atoms with Crippen molar-refractivity contribution in [1.29, 1.82) is 0 Å². The van der Waals surface area contributed by atoms with Crippen LogP contribution in [0.1, 0.15) is 11.1 Å². The summed E-state index contributed by atoms with van der Waals surface area (Å²) in [6, 6.07) is 14.4. The van der Waals surface area contributed by atoms with E-state index in [1.165, 1.54) is 7.11 Å². The summed E-state index contributed by atoms with van der Waals surface area (Å²) in [4.78, 5) is 0. The van der Waals surface area contributed by atoms with E-state index in [2.05, 4.69) is 4.72 Å². The lowest BCUT2D eigenvalue weighted by Crippen LogP contribution is -2.15. The van der Waals surface area contributed by atoms with Gasteiger partial charge in [-0.2, -0.15) is 0 Å². The maximum Gasteiger partial charge on any atom is 0.237 e. The molecule has 5 heteroatoms. The molecular weight excluding hydrogens is 274 g/mol. The highest BCUT2D eigenvalue weighted by Gasteiger charge is 2.14. The summed E-state index contributed by atoms with van der Waals surface area (Å²) in [6.45, 7) is 1.93. The van der Waals surface area contributed by atoms with Crippen LogP contribution < -0.4 is 9.46 Å². The van der Waals surface area contributed by atoms with Crippen molar-refractivity contribution in [3.8, 4) is 5.75 Å². The smallest absolute Gasteiger partial charge is 0.237 e. The average molecular weight is 291 g/mol. The number of benzene rings is 2. The zero-order valence-electron chi connectivity index (χ0n) is 11.5. The standard InChI is InChI=1S/C15H17NO3S/c1-12-6-5-7-13(10-12)11-20(17,18)16-14-8-3-4-9-15(14)19-2/h3-10,16H,11H2,1-2H3. The van der Waals surface area contributed by atoms with Crippen molar-refractivity contribution in [2.75, 3.05) is 11.8 Å². The number of sulfonamides is 1. The Morgan fingerprint density at radius 1 is 1.10 bits per heavy atom. The lowest BCUT2D eigenvalue weighted by Gasteiger charge is -2.11. The molecule has 1 N–H and O–H groups in total. The van der Waals surface area contributed by atoms with E-state index in [4.69, 9.17) is 4.74 Å². The molecule has 20 heavy (non-hydrogen) atoms. The molecule has 2 rings (SSSR count). The molecule has 106 valence electrons. The number of anilines is 1. The first-order valence-corrected chi connectivity index (χ1v) is 7.84.